The van der Waals surface area contributed by atoms with E-state index in [9.17, 15) is 5.11 Å². The van der Waals surface area contributed by atoms with Crippen LogP contribution in [0.4, 0.5) is 0 Å². The zero-order chi connectivity index (χ0) is 16.2. The maximum atomic E-state index is 9.80. The molecule has 2 aromatic carbocycles. The van der Waals surface area contributed by atoms with E-state index in [4.69, 9.17) is 10.5 Å². The molecule has 0 radical (unpaired) electrons. The minimum absolute atomic E-state index is 0.0846. The molecular weight excluding hydrogens is 290 g/mol. The Bertz CT molecular complexity index is 765. The third-order valence-electron chi connectivity index (χ3n) is 3.89. The third-order valence-corrected chi connectivity index (χ3v) is 3.89. The fourth-order valence-electron chi connectivity index (χ4n) is 2.70. The first-order valence-electron chi connectivity index (χ1n) is 7.80. The van der Waals surface area contributed by atoms with Crippen molar-refractivity contribution in [2.75, 3.05) is 13.2 Å². The minimum atomic E-state index is 0.0846. The number of benzene rings is 2. The average Bonchev–Trinajstić information content (AvgIpc) is 2.99. The summed E-state index contributed by atoms with van der Waals surface area (Å²) in [4.78, 5) is 7.99. The molecule has 23 heavy (non-hydrogen) atoms. The van der Waals surface area contributed by atoms with Crippen LogP contribution in [-0.4, -0.2) is 28.2 Å². The summed E-state index contributed by atoms with van der Waals surface area (Å²) in [5.74, 6) is 1.63. The summed E-state index contributed by atoms with van der Waals surface area (Å²) in [7, 11) is 0. The molecule has 1 unspecified atom stereocenters. The summed E-state index contributed by atoms with van der Waals surface area (Å²) in [6.45, 7) is 2.90. The predicted molar refractivity (Wildman–Crippen MR) is 90.9 cm³/mol. The van der Waals surface area contributed by atoms with Crippen LogP contribution in [0.2, 0.25) is 0 Å². The monoisotopic (exact) mass is 311 g/mol. The lowest BCUT2D eigenvalue weighted by Gasteiger charge is -2.14. The molecule has 0 aliphatic rings. The molecule has 5 heteroatoms. The number of nitrogens with zero attached hydrogens (tertiary/aromatic N) is 1. The van der Waals surface area contributed by atoms with Crippen LogP contribution >= 0.6 is 0 Å². The number of phenols is 1. The summed E-state index contributed by atoms with van der Waals surface area (Å²) >= 11 is 0. The highest BCUT2D eigenvalue weighted by Gasteiger charge is 2.16. The van der Waals surface area contributed by atoms with Crippen molar-refractivity contribution in [3.05, 3.63) is 53.9 Å². The standard InChI is InChI=1S/C18H21N3O2/c1-2-23-17-10-12(7-8-16(17)22)9-13(11-19)18-20-14-5-3-4-6-15(14)21-18/h3-8,10,13,22H,2,9,11,19H2,1H3,(H,20,21). The Hall–Kier alpha value is -2.53. The second kappa shape index (κ2) is 6.71. The first kappa shape index (κ1) is 15.4. The Morgan fingerprint density at radius 2 is 2.09 bits per heavy atom. The van der Waals surface area contributed by atoms with Gasteiger partial charge >= 0.3 is 0 Å². The SMILES string of the molecule is CCOc1cc(CC(CN)c2nc3ccccc3[nH]2)ccc1O. The molecule has 0 aliphatic carbocycles. The van der Waals surface area contributed by atoms with Gasteiger partial charge < -0.3 is 20.6 Å². The molecule has 1 atom stereocenters. The smallest absolute Gasteiger partial charge is 0.161 e. The topological polar surface area (TPSA) is 84.2 Å². The summed E-state index contributed by atoms with van der Waals surface area (Å²) in [5.41, 5.74) is 8.98. The number of aromatic nitrogens is 2. The van der Waals surface area contributed by atoms with Crippen LogP contribution in [0.5, 0.6) is 11.5 Å². The van der Waals surface area contributed by atoms with E-state index in [2.05, 4.69) is 9.97 Å². The Kier molecular flexibility index (Phi) is 4.48. The summed E-state index contributed by atoms with van der Waals surface area (Å²) in [6.07, 6.45) is 0.733. The van der Waals surface area contributed by atoms with Crippen molar-refractivity contribution in [2.45, 2.75) is 19.3 Å². The van der Waals surface area contributed by atoms with Crippen LogP contribution in [0, 0.1) is 0 Å². The number of H-pyrrole nitrogens is 1. The largest absolute Gasteiger partial charge is 0.504 e. The molecule has 0 saturated carbocycles. The van der Waals surface area contributed by atoms with Gasteiger partial charge in [-0.25, -0.2) is 4.98 Å². The number of hydrogen-bond acceptors (Lipinski definition) is 4. The van der Waals surface area contributed by atoms with Gasteiger partial charge in [0.2, 0.25) is 0 Å². The van der Waals surface area contributed by atoms with Gasteiger partial charge in [0.1, 0.15) is 5.82 Å². The van der Waals surface area contributed by atoms with Crippen molar-refractivity contribution < 1.29 is 9.84 Å². The number of rotatable bonds is 6. The van der Waals surface area contributed by atoms with Crippen molar-refractivity contribution in [2.24, 2.45) is 5.73 Å². The number of para-hydroxylation sites is 2. The molecule has 3 aromatic rings. The van der Waals surface area contributed by atoms with E-state index in [-0.39, 0.29) is 11.7 Å². The van der Waals surface area contributed by atoms with Gasteiger partial charge in [0.25, 0.3) is 0 Å². The van der Waals surface area contributed by atoms with Crippen LogP contribution in [0.15, 0.2) is 42.5 Å². The average molecular weight is 311 g/mol. The first-order valence-corrected chi connectivity index (χ1v) is 7.80. The van der Waals surface area contributed by atoms with Gasteiger partial charge in [-0.2, -0.15) is 0 Å². The van der Waals surface area contributed by atoms with Gasteiger partial charge in [0, 0.05) is 12.5 Å². The van der Waals surface area contributed by atoms with E-state index in [0.29, 0.717) is 18.9 Å². The van der Waals surface area contributed by atoms with E-state index in [0.717, 1.165) is 28.8 Å². The van der Waals surface area contributed by atoms with Crippen LogP contribution in [0.25, 0.3) is 11.0 Å². The number of nitrogens with one attached hydrogen (secondary N) is 1. The van der Waals surface area contributed by atoms with Gasteiger partial charge in [-0.3, -0.25) is 0 Å². The molecule has 120 valence electrons. The van der Waals surface area contributed by atoms with Crippen LogP contribution in [-0.2, 0) is 6.42 Å². The second-order valence-corrected chi connectivity index (χ2v) is 5.51. The molecule has 0 spiro atoms. The van der Waals surface area contributed by atoms with Gasteiger partial charge in [-0.1, -0.05) is 18.2 Å². The highest BCUT2D eigenvalue weighted by molar-refractivity contribution is 5.74. The normalized spacial score (nSPS) is 12.4. The van der Waals surface area contributed by atoms with Gasteiger partial charge in [0.15, 0.2) is 11.5 Å². The Morgan fingerprint density at radius 1 is 1.26 bits per heavy atom. The van der Waals surface area contributed by atoms with Crippen molar-refractivity contribution >= 4 is 11.0 Å². The number of fused-ring (bicyclic) bond motifs is 1. The number of phenolic OH excluding ortho intramolecular Hbond substituents is 1. The highest BCUT2D eigenvalue weighted by atomic mass is 16.5. The molecule has 3 rings (SSSR count). The predicted octanol–water partition coefficient (Wildman–Crippen LogP) is 2.95. The van der Waals surface area contributed by atoms with Crippen molar-refractivity contribution in [3.8, 4) is 11.5 Å². The van der Waals surface area contributed by atoms with E-state index in [1.807, 2.05) is 43.3 Å². The molecule has 0 fully saturated rings. The molecule has 1 aromatic heterocycles. The Morgan fingerprint density at radius 3 is 2.83 bits per heavy atom. The van der Waals surface area contributed by atoms with Gasteiger partial charge in [0.05, 0.1) is 17.6 Å². The number of imidazole rings is 1. The van der Waals surface area contributed by atoms with Gasteiger partial charge in [-0.05, 0) is 43.2 Å². The van der Waals surface area contributed by atoms with E-state index >= 15 is 0 Å². The van der Waals surface area contributed by atoms with Crippen molar-refractivity contribution in [1.82, 2.24) is 9.97 Å². The fraction of sp³-hybridized carbons (Fsp3) is 0.278. The summed E-state index contributed by atoms with van der Waals surface area (Å²) in [6, 6.07) is 13.4. The Labute approximate surface area is 135 Å². The van der Waals surface area contributed by atoms with E-state index < -0.39 is 0 Å². The molecule has 4 N–H and O–H groups in total. The molecule has 0 amide bonds. The molecule has 5 nitrogen and oxygen atoms in total. The summed E-state index contributed by atoms with van der Waals surface area (Å²) < 4.78 is 5.44. The van der Waals surface area contributed by atoms with E-state index in [1.165, 1.54) is 0 Å². The molecule has 0 bridgehead atoms. The third kappa shape index (κ3) is 3.29. The minimum Gasteiger partial charge on any atom is -0.504 e. The van der Waals surface area contributed by atoms with Crippen LogP contribution in [0.3, 0.4) is 0 Å². The second-order valence-electron chi connectivity index (χ2n) is 5.51. The first-order chi connectivity index (χ1) is 11.2. The number of nitrogens with two attached hydrogens (primary N) is 1. The molecule has 0 saturated heterocycles. The lowest BCUT2D eigenvalue weighted by Crippen LogP contribution is -2.16. The zero-order valence-electron chi connectivity index (χ0n) is 13.1. The number of ether oxygens (including phenoxy) is 1. The van der Waals surface area contributed by atoms with Crippen LogP contribution in [0.1, 0.15) is 24.2 Å². The van der Waals surface area contributed by atoms with Crippen LogP contribution < -0.4 is 10.5 Å². The number of hydrogen-bond donors (Lipinski definition) is 3. The molecular formula is C18H21N3O2. The fourth-order valence-corrected chi connectivity index (χ4v) is 2.70. The number of aromatic hydroxyl groups is 1. The highest BCUT2D eigenvalue weighted by Crippen LogP contribution is 2.29. The lowest BCUT2D eigenvalue weighted by atomic mass is 9.98. The van der Waals surface area contributed by atoms with Gasteiger partial charge in [-0.15, -0.1) is 0 Å². The summed E-state index contributed by atoms with van der Waals surface area (Å²) in [5, 5.41) is 9.80. The van der Waals surface area contributed by atoms with Crippen molar-refractivity contribution in [3.63, 3.8) is 0 Å². The number of aromatic amines is 1. The van der Waals surface area contributed by atoms with E-state index in [1.54, 1.807) is 6.07 Å². The maximum absolute atomic E-state index is 9.80. The van der Waals surface area contributed by atoms with Crippen molar-refractivity contribution in [1.29, 1.82) is 0 Å². The molecule has 0 aliphatic heterocycles. The zero-order valence-corrected chi connectivity index (χ0v) is 13.1. The molecule has 1 heterocycles. The quantitative estimate of drug-likeness (QED) is 0.653. The lowest BCUT2D eigenvalue weighted by molar-refractivity contribution is 0.317. The maximum Gasteiger partial charge on any atom is 0.161 e. The Balaban J connectivity index is 1.85.